The molecule has 1 unspecified atom stereocenters. The molecule has 0 aliphatic carbocycles. The zero-order valence-corrected chi connectivity index (χ0v) is 13.9. The number of aromatic amines is 1. The van der Waals surface area contributed by atoms with Gasteiger partial charge in [0, 0.05) is 0 Å². The molecule has 8 nitrogen and oxygen atoms in total. The summed E-state index contributed by atoms with van der Waals surface area (Å²) < 4.78 is 1.66. The lowest BCUT2D eigenvalue weighted by Gasteiger charge is -2.20. The lowest BCUT2D eigenvalue weighted by molar-refractivity contribution is -0.138. The number of carboxylic acid groups (broad SMARTS) is 1. The lowest BCUT2D eigenvalue weighted by Crippen LogP contribution is -2.31. The smallest absolute Gasteiger partial charge is 0.326 e. The third-order valence-corrected chi connectivity index (χ3v) is 3.53. The third-order valence-electron chi connectivity index (χ3n) is 3.53. The SMILES string of the molecule is CCCCC(Nc1nc2c(cnn2C(C)(C)C)c(=O)[nH]1)C(=O)O. The van der Waals surface area contributed by atoms with Gasteiger partial charge in [-0.3, -0.25) is 9.78 Å². The van der Waals surface area contributed by atoms with Gasteiger partial charge in [0.2, 0.25) is 5.95 Å². The van der Waals surface area contributed by atoms with Crippen LogP contribution in [-0.4, -0.2) is 36.9 Å². The van der Waals surface area contributed by atoms with Gasteiger partial charge in [0.1, 0.15) is 11.4 Å². The fraction of sp³-hybridized carbons (Fsp3) is 0.600. The molecule has 1 atom stereocenters. The molecule has 0 saturated carbocycles. The predicted octanol–water partition coefficient (Wildman–Crippen LogP) is 1.93. The van der Waals surface area contributed by atoms with Gasteiger partial charge in [-0.25, -0.2) is 9.48 Å². The maximum Gasteiger partial charge on any atom is 0.326 e. The molecule has 0 fully saturated rings. The highest BCUT2D eigenvalue weighted by atomic mass is 16.4. The third kappa shape index (κ3) is 3.69. The number of carbonyl (C=O) groups is 1. The van der Waals surface area contributed by atoms with E-state index in [4.69, 9.17) is 0 Å². The number of anilines is 1. The summed E-state index contributed by atoms with van der Waals surface area (Å²) >= 11 is 0. The van der Waals surface area contributed by atoms with E-state index >= 15 is 0 Å². The molecule has 2 rings (SSSR count). The molecule has 0 radical (unpaired) electrons. The number of nitrogens with zero attached hydrogens (tertiary/aromatic N) is 3. The van der Waals surface area contributed by atoms with E-state index in [9.17, 15) is 14.7 Å². The number of H-pyrrole nitrogens is 1. The number of hydrogen-bond donors (Lipinski definition) is 3. The Labute approximate surface area is 133 Å². The van der Waals surface area contributed by atoms with Crippen molar-refractivity contribution in [1.82, 2.24) is 19.7 Å². The molecule has 0 aliphatic heterocycles. The van der Waals surface area contributed by atoms with Gasteiger partial charge in [0.25, 0.3) is 5.56 Å². The summed E-state index contributed by atoms with van der Waals surface area (Å²) in [6.45, 7) is 7.86. The molecule has 2 heterocycles. The van der Waals surface area contributed by atoms with Gasteiger partial charge in [-0.1, -0.05) is 19.8 Å². The van der Waals surface area contributed by atoms with E-state index in [-0.39, 0.29) is 17.0 Å². The van der Waals surface area contributed by atoms with Crippen molar-refractivity contribution in [2.24, 2.45) is 0 Å². The van der Waals surface area contributed by atoms with Gasteiger partial charge >= 0.3 is 5.97 Å². The van der Waals surface area contributed by atoms with E-state index in [1.54, 1.807) is 4.68 Å². The van der Waals surface area contributed by atoms with Crippen LogP contribution in [0.4, 0.5) is 5.95 Å². The van der Waals surface area contributed by atoms with Crippen molar-refractivity contribution in [3.8, 4) is 0 Å². The van der Waals surface area contributed by atoms with E-state index in [0.717, 1.165) is 12.8 Å². The first kappa shape index (κ1) is 17.0. The quantitative estimate of drug-likeness (QED) is 0.749. The first-order chi connectivity index (χ1) is 10.7. The molecule has 0 saturated heterocycles. The number of fused-ring (bicyclic) bond motifs is 1. The summed E-state index contributed by atoms with van der Waals surface area (Å²) in [6, 6.07) is -0.790. The monoisotopic (exact) mass is 321 g/mol. The second-order valence-corrected chi connectivity index (χ2v) is 6.56. The minimum absolute atomic E-state index is 0.150. The summed E-state index contributed by atoms with van der Waals surface area (Å²) in [7, 11) is 0. The molecule has 126 valence electrons. The van der Waals surface area contributed by atoms with Crippen LogP contribution < -0.4 is 10.9 Å². The summed E-state index contributed by atoms with van der Waals surface area (Å²) in [4.78, 5) is 30.4. The Morgan fingerprint density at radius 1 is 1.48 bits per heavy atom. The summed E-state index contributed by atoms with van der Waals surface area (Å²) in [5.41, 5.74) is -0.246. The predicted molar refractivity (Wildman–Crippen MR) is 87.7 cm³/mol. The van der Waals surface area contributed by atoms with Crippen molar-refractivity contribution < 1.29 is 9.90 Å². The van der Waals surface area contributed by atoms with Crippen molar-refractivity contribution in [1.29, 1.82) is 0 Å². The molecule has 3 N–H and O–H groups in total. The average molecular weight is 321 g/mol. The molecule has 2 aromatic rings. The van der Waals surface area contributed by atoms with Crippen LogP contribution >= 0.6 is 0 Å². The number of hydrogen-bond acceptors (Lipinski definition) is 5. The summed E-state index contributed by atoms with van der Waals surface area (Å²) in [5, 5.41) is 16.7. The highest BCUT2D eigenvalue weighted by Gasteiger charge is 2.22. The van der Waals surface area contributed by atoms with E-state index in [1.165, 1.54) is 6.20 Å². The number of carboxylic acids is 1. The Bertz CT molecular complexity index is 757. The Hall–Kier alpha value is -2.38. The van der Waals surface area contributed by atoms with Crippen molar-refractivity contribution in [3.63, 3.8) is 0 Å². The van der Waals surface area contributed by atoms with Crippen LogP contribution in [-0.2, 0) is 10.3 Å². The van der Waals surface area contributed by atoms with Crippen molar-refractivity contribution in [2.75, 3.05) is 5.32 Å². The van der Waals surface area contributed by atoms with E-state index in [2.05, 4.69) is 20.4 Å². The summed E-state index contributed by atoms with van der Waals surface area (Å²) in [5.74, 6) is -0.817. The van der Waals surface area contributed by atoms with Gasteiger partial charge in [-0.15, -0.1) is 0 Å². The fourth-order valence-electron chi connectivity index (χ4n) is 2.31. The van der Waals surface area contributed by atoms with E-state index < -0.39 is 12.0 Å². The number of nitrogens with one attached hydrogen (secondary N) is 2. The number of aromatic nitrogens is 4. The molecule has 0 spiro atoms. The minimum atomic E-state index is -0.967. The van der Waals surface area contributed by atoms with Gasteiger partial charge in [-0.2, -0.15) is 10.1 Å². The Balaban J connectivity index is 2.41. The van der Waals surface area contributed by atoms with Crippen LogP contribution in [0.5, 0.6) is 0 Å². The van der Waals surface area contributed by atoms with Crippen LogP contribution in [0.3, 0.4) is 0 Å². The van der Waals surface area contributed by atoms with Crippen LogP contribution in [0, 0.1) is 0 Å². The van der Waals surface area contributed by atoms with Crippen LogP contribution in [0.15, 0.2) is 11.0 Å². The molecule has 0 bridgehead atoms. The Kier molecular flexibility index (Phi) is 4.72. The molecule has 0 aliphatic rings. The minimum Gasteiger partial charge on any atom is -0.480 e. The van der Waals surface area contributed by atoms with Crippen LogP contribution in [0.25, 0.3) is 11.0 Å². The first-order valence-electron chi connectivity index (χ1n) is 7.72. The molecular weight excluding hydrogens is 298 g/mol. The largest absolute Gasteiger partial charge is 0.480 e. The Morgan fingerprint density at radius 2 is 2.17 bits per heavy atom. The molecule has 0 aromatic carbocycles. The van der Waals surface area contributed by atoms with Crippen LogP contribution in [0.2, 0.25) is 0 Å². The zero-order chi connectivity index (χ0) is 17.2. The normalized spacial score (nSPS) is 13.2. The molecule has 0 amide bonds. The maximum atomic E-state index is 12.2. The van der Waals surface area contributed by atoms with Crippen LogP contribution in [0.1, 0.15) is 47.0 Å². The molecular formula is C15H23N5O3. The van der Waals surface area contributed by atoms with E-state index in [1.807, 2.05) is 27.7 Å². The maximum absolute atomic E-state index is 12.2. The second-order valence-electron chi connectivity index (χ2n) is 6.56. The second kappa shape index (κ2) is 6.39. The molecule has 2 aromatic heterocycles. The average Bonchev–Trinajstić information content (AvgIpc) is 2.87. The lowest BCUT2D eigenvalue weighted by atomic mass is 10.1. The fourth-order valence-corrected chi connectivity index (χ4v) is 2.31. The first-order valence-corrected chi connectivity index (χ1v) is 7.72. The van der Waals surface area contributed by atoms with Gasteiger partial charge in [-0.05, 0) is 27.2 Å². The van der Waals surface area contributed by atoms with Gasteiger partial charge in [0.05, 0.1) is 11.7 Å². The Morgan fingerprint density at radius 3 is 2.74 bits per heavy atom. The van der Waals surface area contributed by atoms with Crippen molar-refractivity contribution in [3.05, 3.63) is 16.6 Å². The van der Waals surface area contributed by atoms with Crippen molar-refractivity contribution in [2.45, 2.75) is 58.5 Å². The number of aliphatic carboxylic acids is 1. The number of rotatable bonds is 6. The summed E-state index contributed by atoms with van der Waals surface area (Å²) in [6.07, 6.45) is 3.61. The standard InChI is InChI=1S/C15H23N5O3/c1-5-6-7-10(13(22)23)17-14-18-11-9(12(21)19-14)8-16-20(11)15(2,3)4/h8,10H,5-7H2,1-4H3,(H,22,23)(H2,17,18,19,21). The zero-order valence-electron chi connectivity index (χ0n) is 13.9. The van der Waals surface area contributed by atoms with Gasteiger partial charge in [0.15, 0.2) is 5.65 Å². The number of unbranched alkanes of at least 4 members (excludes halogenated alkanes) is 1. The highest BCUT2D eigenvalue weighted by molar-refractivity contribution is 5.78. The molecule has 8 heteroatoms. The molecule has 23 heavy (non-hydrogen) atoms. The topological polar surface area (TPSA) is 113 Å². The van der Waals surface area contributed by atoms with E-state index in [0.29, 0.717) is 17.5 Å². The highest BCUT2D eigenvalue weighted by Crippen LogP contribution is 2.19. The van der Waals surface area contributed by atoms with Crippen molar-refractivity contribution >= 4 is 23.0 Å². The van der Waals surface area contributed by atoms with Gasteiger partial charge < -0.3 is 10.4 Å².